The largest absolute Gasteiger partial charge is 0.218 e. The van der Waals surface area contributed by atoms with E-state index < -0.39 is 9.84 Å². The maximum atomic E-state index is 12.7. The second-order valence-electron chi connectivity index (χ2n) is 3.66. The van der Waals surface area contributed by atoms with Crippen molar-refractivity contribution in [2.75, 3.05) is 0 Å². The highest BCUT2D eigenvalue weighted by atomic mass is 79.9. The van der Waals surface area contributed by atoms with Crippen LogP contribution in [0.25, 0.3) is 0 Å². The van der Waals surface area contributed by atoms with Crippen LogP contribution in [0, 0.1) is 0 Å². The van der Waals surface area contributed by atoms with Crippen molar-refractivity contribution in [2.24, 2.45) is 0 Å². The van der Waals surface area contributed by atoms with E-state index in [1.165, 1.54) is 0 Å². The summed E-state index contributed by atoms with van der Waals surface area (Å²) in [6.07, 6.45) is 0. The fraction of sp³-hybridized carbons (Fsp3) is 0. The molecule has 0 aliphatic carbocycles. The molecule has 0 atom stereocenters. The number of halogens is 4. The molecule has 0 bridgehead atoms. The monoisotopic (exact) mass is 530 g/mol. The Morgan fingerprint density at radius 1 is 0.789 bits per heavy atom. The lowest BCUT2D eigenvalue weighted by atomic mass is 10.4. The molecule has 0 aliphatic heterocycles. The summed E-state index contributed by atoms with van der Waals surface area (Å²) in [6, 6.07) is 10.1. The molecule has 0 saturated heterocycles. The highest BCUT2D eigenvalue weighted by Crippen LogP contribution is 2.35. The first-order chi connectivity index (χ1) is 8.82. The second-order valence-corrected chi connectivity index (χ2v) is 9.09. The molecule has 0 fully saturated rings. The van der Waals surface area contributed by atoms with E-state index in [2.05, 4.69) is 63.7 Å². The third-order valence-corrected chi connectivity index (χ3v) is 6.93. The van der Waals surface area contributed by atoms with E-state index in [0.717, 1.165) is 0 Å². The summed E-state index contributed by atoms with van der Waals surface area (Å²) in [7, 11) is -3.60. The molecule has 0 amide bonds. The van der Waals surface area contributed by atoms with Crippen LogP contribution in [0.15, 0.2) is 64.1 Å². The van der Waals surface area contributed by atoms with Gasteiger partial charge in [0.05, 0.1) is 4.90 Å². The zero-order valence-electron chi connectivity index (χ0n) is 9.20. The van der Waals surface area contributed by atoms with E-state index in [0.29, 0.717) is 17.9 Å². The lowest BCUT2D eigenvalue weighted by Gasteiger charge is -2.10. The van der Waals surface area contributed by atoms with Crippen LogP contribution >= 0.6 is 63.7 Å². The predicted octanol–water partition coefficient (Wildman–Crippen LogP) is 5.57. The molecule has 0 N–H and O–H groups in total. The average Bonchev–Trinajstić information content (AvgIpc) is 2.26. The van der Waals surface area contributed by atoms with Crippen LogP contribution in [0.3, 0.4) is 0 Å². The normalized spacial score (nSPS) is 11.6. The molecule has 0 radical (unpaired) electrons. The topological polar surface area (TPSA) is 34.1 Å². The number of hydrogen-bond acceptors (Lipinski definition) is 2. The maximum absolute atomic E-state index is 12.7. The van der Waals surface area contributed by atoms with Crippen molar-refractivity contribution >= 4 is 73.6 Å². The van der Waals surface area contributed by atoms with Gasteiger partial charge in [-0.1, -0.05) is 37.9 Å². The summed E-state index contributed by atoms with van der Waals surface area (Å²) in [5, 5.41) is 0. The molecule has 0 saturated carbocycles. The predicted molar refractivity (Wildman–Crippen MR) is 89.1 cm³/mol. The summed E-state index contributed by atoms with van der Waals surface area (Å²) in [6.45, 7) is 0. The summed E-state index contributed by atoms with van der Waals surface area (Å²) in [5.74, 6) is 0. The number of benzene rings is 2. The summed E-state index contributed by atoms with van der Waals surface area (Å²) < 4.78 is 27.8. The Balaban J connectivity index is 2.73. The fourth-order valence-corrected chi connectivity index (χ4v) is 6.86. The Hall–Kier alpha value is 0.310. The molecule has 0 unspecified atom stereocenters. The first kappa shape index (κ1) is 15.7. The molecule has 7 heteroatoms. The fourth-order valence-electron chi connectivity index (χ4n) is 1.54. The van der Waals surface area contributed by atoms with Crippen molar-refractivity contribution in [1.29, 1.82) is 0 Å². The summed E-state index contributed by atoms with van der Waals surface area (Å²) >= 11 is 13.2. The molecule has 2 rings (SSSR count). The van der Waals surface area contributed by atoms with Crippen LogP contribution < -0.4 is 0 Å². The van der Waals surface area contributed by atoms with Gasteiger partial charge in [-0.25, -0.2) is 8.42 Å². The van der Waals surface area contributed by atoms with Gasteiger partial charge >= 0.3 is 0 Å². The van der Waals surface area contributed by atoms with Crippen LogP contribution in [0.1, 0.15) is 0 Å². The minimum atomic E-state index is -3.60. The molecule has 0 aromatic heterocycles. The molecule has 0 heterocycles. The Kier molecular flexibility index (Phi) is 4.93. The Bertz CT molecular complexity index is 701. The number of rotatable bonds is 2. The molecule has 0 aliphatic rings. The molecular weight excluding hydrogens is 528 g/mol. The Morgan fingerprint density at radius 2 is 1.26 bits per heavy atom. The van der Waals surface area contributed by atoms with Gasteiger partial charge in [0.15, 0.2) is 0 Å². The van der Waals surface area contributed by atoms with Crippen molar-refractivity contribution in [2.45, 2.75) is 9.79 Å². The molecule has 19 heavy (non-hydrogen) atoms. The first-order valence-corrected chi connectivity index (χ1v) is 9.63. The van der Waals surface area contributed by atoms with Crippen LogP contribution in [-0.4, -0.2) is 8.42 Å². The van der Waals surface area contributed by atoms with Crippen molar-refractivity contribution in [3.63, 3.8) is 0 Å². The number of sulfone groups is 1. The molecule has 100 valence electrons. The SMILES string of the molecule is O=S(=O)(c1cc(Br)cc(Br)c1)c1c(Br)cccc1Br. The smallest absolute Gasteiger partial charge is 0.208 e. The van der Waals surface area contributed by atoms with Gasteiger partial charge in [0.2, 0.25) is 9.84 Å². The lowest BCUT2D eigenvalue weighted by Crippen LogP contribution is -2.04. The molecule has 0 spiro atoms. The summed E-state index contributed by atoms with van der Waals surface area (Å²) in [5.41, 5.74) is 0. The highest BCUT2D eigenvalue weighted by molar-refractivity contribution is 9.11. The van der Waals surface area contributed by atoms with E-state index in [9.17, 15) is 8.42 Å². The van der Waals surface area contributed by atoms with Crippen LogP contribution in [0.2, 0.25) is 0 Å². The quantitative estimate of drug-likeness (QED) is 0.506. The molecule has 2 aromatic rings. The minimum Gasteiger partial charge on any atom is -0.218 e. The molecular formula is C12H6Br4O2S. The van der Waals surface area contributed by atoms with Crippen molar-refractivity contribution in [1.82, 2.24) is 0 Å². The van der Waals surface area contributed by atoms with E-state index in [1.807, 2.05) is 0 Å². The van der Waals surface area contributed by atoms with Gasteiger partial charge in [0, 0.05) is 17.9 Å². The summed E-state index contributed by atoms with van der Waals surface area (Å²) in [4.78, 5) is 0.446. The minimum absolute atomic E-state index is 0.222. The third kappa shape index (κ3) is 3.32. The van der Waals surface area contributed by atoms with Crippen LogP contribution in [0.5, 0.6) is 0 Å². The zero-order chi connectivity index (χ0) is 14.2. The van der Waals surface area contributed by atoms with Crippen LogP contribution in [0.4, 0.5) is 0 Å². The van der Waals surface area contributed by atoms with Gasteiger partial charge in [-0.05, 0) is 62.2 Å². The van der Waals surface area contributed by atoms with Crippen molar-refractivity contribution in [3.05, 3.63) is 54.3 Å². The van der Waals surface area contributed by atoms with Crippen molar-refractivity contribution < 1.29 is 8.42 Å². The molecule has 2 nitrogen and oxygen atoms in total. The van der Waals surface area contributed by atoms with Gasteiger partial charge in [0.25, 0.3) is 0 Å². The molecule has 2 aromatic carbocycles. The van der Waals surface area contributed by atoms with Crippen molar-refractivity contribution in [3.8, 4) is 0 Å². The Labute approximate surface area is 145 Å². The van der Waals surface area contributed by atoms with E-state index in [1.54, 1.807) is 36.4 Å². The van der Waals surface area contributed by atoms with Gasteiger partial charge in [-0.3, -0.25) is 0 Å². The van der Waals surface area contributed by atoms with E-state index in [4.69, 9.17) is 0 Å². The van der Waals surface area contributed by atoms with E-state index in [-0.39, 0.29) is 9.79 Å². The van der Waals surface area contributed by atoms with Gasteiger partial charge in [-0.15, -0.1) is 0 Å². The number of hydrogen-bond donors (Lipinski definition) is 0. The average molecular weight is 534 g/mol. The standard InChI is InChI=1S/C12H6Br4O2S/c13-7-4-8(14)6-9(5-7)19(17,18)12-10(15)2-1-3-11(12)16/h1-6H. The maximum Gasteiger partial charge on any atom is 0.208 e. The second kappa shape index (κ2) is 5.97. The first-order valence-electron chi connectivity index (χ1n) is 4.97. The lowest BCUT2D eigenvalue weighted by molar-refractivity contribution is 0.595. The van der Waals surface area contributed by atoms with Crippen LogP contribution in [-0.2, 0) is 9.84 Å². The Morgan fingerprint density at radius 3 is 1.74 bits per heavy atom. The third-order valence-electron chi connectivity index (χ3n) is 2.33. The van der Waals surface area contributed by atoms with Gasteiger partial charge in [-0.2, -0.15) is 0 Å². The van der Waals surface area contributed by atoms with Gasteiger partial charge < -0.3 is 0 Å². The van der Waals surface area contributed by atoms with Gasteiger partial charge in [0.1, 0.15) is 4.90 Å². The van der Waals surface area contributed by atoms with E-state index >= 15 is 0 Å². The highest BCUT2D eigenvalue weighted by Gasteiger charge is 2.24. The zero-order valence-corrected chi connectivity index (χ0v) is 16.4.